The Morgan fingerprint density at radius 2 is 1.74 bits per heavy atom. The number of para-hydroxylation sites is 1. The van der Waals surface area contributed by atoms with Crippen molar-refractivity contribution in [3.63, 3.8) is 0 Å². The molecule has 5 nitrogen and oxygen atoms in total. The maximum Gasteiger partial charge on any atom is 0.258 e. The van der Waals surface area contributed by atoms with Crippen LogP contribution in [0.25, 0.3) is 0 Å². The lowest BCUT2D eigenvalue weighted by atomic mass is 9.86. The zero-order chi connectivity index (χ0) is 20.0. The number of rotatable bonds is 7. The number of hydrogen-bond acceptors (Lipinski definition) is 4. The first-order valence-corrected chi connectivity index (χ1v) is 9.00. The van der Waals surface area contributed by atoms with Crippen molar-refractivity contribution in [3.8, 4) is 17.2 Å². The maximum atomic E-state index is 12.4. The lowest BCUT2D eigenvalue weighted by Crippen LogP contribution is -2.31. The normalized spacial score (nSPS) is 12.2. The molecule has 0 saturated carbocycles. The van der Waals surface area contributed by atoms with Crippen molar-refractivity contribution in [1.29, 1.82) is 0 Å². The highest BCUT2D eigenvalue weighted by Crippen LogP contribution is 2.31. The Morgan fingerprint density at radius 3 is 2.37 bits per heavy atom. The molecule has 0 fully saturated rings. The third-order valence-corrected chi connectivity index (χ3v) is 4.33. The summed E-state index contributed by atoms with van der Waals surface area (Å²) < 4.78 is 16.5. The summed E-state index contributed by atoms with van der Waals surface area (Å²) in [5, 5.41) is 2.95. The zero-order valence-electron chi connectivity index (χ0n) is 17.0. The van der Waals surface area contributed by atoms with Crippen molar-refractivity contribution >= 4 is 5.91 Å². The second-order valence-electron chi connectivity index (χ2n) is 7.43. The molecule has 2 aromatic rings. The van der Waals surface area contributed by atoms with E-state index in [1.165, 1.54) is 0 Å². The van der Waals surface area contributed by atoms with Gasteiger partial charge in [-0.2, -0.15) is 0 Å². The number of carbonyl (C=O) groups is 1. The number of benzene rings is 2. The van der Waals surface area contributed by atoms with E-state index in [0.29, 0.717) is 11.5 Å². The van der Waals surface area contributed by atoms with E-state index in [1.54, 1.807) is 14.2 Å². The Labute approximate surface area is 161 Å². The second-order valence-corrected chi connectivity index (χ2v) is 7.43. The molecule has 27 heavy (non-hydrogen) atoms. The fraction of sp³-hybridized carbons (Fsp3) is 0.409. The molecule has 0 radical (unpaired) electrons. The SMILES string of the molecule is COc1ccc(OC)c([C@H](C)NC(=O)COc2ccccc2C(C)(C)C)c1. The van der Waals surface area contributed by atoms with E-state index < -0.39 is 0 Å². The molecule has 0 unspecified atom stereocenters. The minimum atomic E-state index is -0.246. The number of carbonyl (C=O) groups excluding carboxylic acids is 1. The Bertz CT molecular complexity index is 780. The number of ether oxygens (including phenoxy) is 3. The van der Waals surface area contributed by atoms with Gasteiger partial charge in [0.25, 0.3) is 5.91 Å². The Morgan fingerprint density at radius 1 is 1.04 bits per heavy atom. The van der Waals surface area contributed by atoms with Gasteiger partial charge in [0.15, 0.2) is 6.61 Å². The van der Waals surface area contributed by atoms with Crippen LogP contribution in [0.1, 0.15) is 44.9 Å². The van der Waals surface area contributed by atoms with E-state index in [0.717, 1.165) is 16.9 Å². The lowest BCUT2D eigenvalue weighted by Gasteiger charge is -2.23. The molecule has 0 aromatic heterocycles. The summed E-state index contributed by atoms with van der Waals surface area (Å²) in [5.74, 6) is 1.94. The minimum absolute atomic E-state index is 0.0519. The molecule has 146 valence electrons. The van der Waals surface area contributed by atoms with Crippen molar-refractivity contribution < 1.29 is 19.0 Å². The zero-order valence-corrected chi connectivity index (χ0v) is 17.0. The molecule has 1 N–H and O–H groups in total. The third kappa shape index (κ3) is 5.39. The summed E-state index contributed by atoms with van der Waals surface area (Å²) in [6.45, 7) is 8.20. The molecule has 2 aromatic carbocycles. The smallest absolute Gasteiger partial charge is 0.258 e. The van der Waals surface area contributed by atoms with Crippen LogP contribution in [-0.4, -0.2) is 26.7 Å². The number of hydrogen-bond donors (Lipinski definition) is 1. The molecule has 0 aliphatic heterocycles. The van der Waals surface area contributed by atoms with Gasteiger partial charge >= 0.3 is 0 Å². The molecule has 0 aliphatic rings. The van der Waals surface area contributed by atoms with Gasteiger partial charge in [0.1, 0.15) is 17.2 Å². The van der Waals surface area contributed by atoms with Gasteiger partial charge in [-0.1, -0.05) is 39.0 Å². The van der Waals surface area contributed by atoms with Crippen LogP contribution in [-0.2, 0) is 10.2 Å². The van der Waals surface area contributed by atoms with Gasteiger partial charge in [0.05, 0.1) is 20.3 Å². The summed E-state index contributed by atoms with van der Waals surface area (Å²) in [6, 6.07) is 13.1. The molecule has 0 heterocycles. The first kappa shape index (κ1) is 20.6. The van der Waals surface area contributed by atoms with Crippen LogP contribution in [0.5, 0.6) is 17.2 Å². The summed E-state index contributed by atoms with van der Waals surface area (Å²) in [6.07, 6.45) is 0. The van der Waals surface area contributed by atoms with Crippen LogP contribution >= 0.6 is 0 Å². The van der Waals surface area contributed by atoms with Crippen molar-refractivity contribution in [3.05, 3.63) is 53.6 Å². The third-order valence-electron chi connectivity index (χ3n) is 4.33. The van der Waals surface area contributed by atoms with Gasteiger partial charge in [-0.3, -0.25) is 4.79 Å². The predicted molar refractivity (Wildman–Crippen MR) is 107 cm³/mol. The van der Waals surface area contributed by atoms with E-state index in [2.05, 4.69) is 26.1 Å². The average Bonchev–Trinajstić information content (AvgIpc) is 2.65. The van der Waals surface area contributed by atoms with Crippen LogP contribution in [0.15, 0.2) is 42.5 Å². The summed E-state index contributed by atoms with van der Waals surface area (Å²) in [4.78, 5) is 12.4. The average molecular weight is 371 g/mol. The van der Waals surface area contributed by atoms with Crippen LogP contribution in [0, 0.1) is 0 Å². The molecular weight excluding hydrogens is 342 g/mol. The first-order chi connectivity index (χ1) is 12.8. The molecule has 0 saturated heterocycles. The van der Waals surface area contributed by atoms with Gasteiger partial charge in [0.2, 0.25) is 0 Å². The van der Waals surface area contributed by atoms with Crippen molar-refractivity contribution in [1.82, 2.24) is 5.32 Å². The van der Waals surface area contributed by atoms with E-state index >= 15 is 0 Å². The highest BCUT2D eigenvalue weighted by Gasteiger charge is 2.20. The van der Waals surface area contributed by atoms with E-state index in [9.17, 15) is 4.79 Å². The van der Waals surface area contributed by atoms with E-state index in [4.69, 9.17) is 14.2 Å². The minimum Gasteiger partial charge on any atom is -0.497 e. The molecule has 0 bridgehead atoms. The summed E-state index contributed by atoms with van der Waals surface area (Å²) in [7, 11) is 3.21. The van der Waals surface area contributed by atoms with E-state index in [1.807, 2.05) is 49.4 Å². The Balaban J connectivity index is 2.05. The van der Waals surface area contributed by atoms with Crippen molar-refractivity contribution in [2.75, 3.05) is 20.8 Å². The molecule has 0 spiro atoms. The predicted octanol–water partition coefficient (Wildman–Crippen LogP) is 4.26. The lowest BCUT2D eigenvalue weighted by molar-refractivity contribution is -0.123. The van der Waals surface area contributed by atoms with Crippen LogP contribution in [0.2, 0.25) is 0 Å². The topological polar surface area (TPSA) is 56.8 Å². The summed E-state index contributed by atoms with van der Waals surface area (Å²) >= 11 is 0. The highest BCUT2D eigenvalue weighted by atomic mass is 16.5. The van der Waals surface area contributed by atoms with Crippen LogP contribution in [0.4, 0.5) is 0 Å². The first-order valence-electron chi connectivity index (χ1n) is 9.00. The van der Waals surface area contributed by atoms with Gasteiger partial charge in [-0.05, 0) is 42.2 Å². The standard InChI is InChI=1S/C22H29NO4/c1-15(17-13-16(25-5)11-12-19(17)26-6)23-21(24)14-27-20-10-8-7-9-18(20)22(2,3)4/h7-13,15H,14H2,1-6H3,(H,23,24)/t15-/m0/s1. The summed E-state index contributed by atoms with van der Waals surface area (Å²) in [5.41, 5.74) is 1.86. The van der Waals surface area contributed by atoms with Crippen molar-refractivity contribution in [2.24, 2.45) is 0 Å². The molecular formula is C22H29NO4. The Hall–Kier alpha value is -2.69. The fourth-order valence-corrected chi connectivity index (χ4v) is 2.89. The molecule has 5 heteroatoms. The molecule has 1 amide bonds. The van der Waals surface area contributed by atoms with Gasteiger partial charge in [-0.25, -0.2) is 0 Å². The second kappa shape index (κ2) is 8.80. The monoisotopic (exact) mass is 371 g/mol. The van der Waals surface area contributed by atoms with E-state index in [-0.39, 0.29) is 24.0 Å². The number of amides is 1. The maximum absolute atomic E-state index is 12.4. The Kier molecular flexibility index (Phi) is 6.72. The van der Waals surface area contributed by atoms with Crippen LogP contribution in [0.3, 0.4) is 0 Å². The fourth-order valence-electron chi connectivity index (χ4n) is 2.89. The van der Waals surface area contributed by atoms with Gasteiger partial charge < -0.3 is 19.5 Å². The van der Waals surface area contributed by atoms with Crippen LogP contribution < -0.4 is 19.5 Å². The molecule has 2 rings (SSSR count). The largest absolute Gasteiger partial charge is 0.497 e. The molecule has 1 atom stereocenters. The van der Waals surface area contributed by atoms with Gasteiger partial charge in [-0.15, -0.1) is 0 Å². The molecule has 0 aliphatic carbocycles. The number of methoxy groups -OCH3 is 2. The number of nitrogens with one attached hydrogen (secondary N) is 1. The quantitative estimate of drug-likeness (QED) is 0.790. The highest BCUT2D eigenvalue weighted by molar-refractivity contribution is 5.78. The van der Waals surface area contributed by atoms with Crippen molar-refractivity contribution in [2.45, 2.75) is 39.2 Å². The van der Waals surface area contributed by atoms with Gasteiger partial charge in [0, 0.05) is 5.56 Å².